The lowest BCUT2D eigenvalue weighted by Crippen LogP contribution is -2.31. The number of nitrogens with one attached hydrogen (secondary N) is 2. The molecule has 2 aromatic rings. The smallest absolute Gasteiger partial charge is 0.234 e. The highest BCUT2D eigenvalue weighted by Gasteiger charge is 2.29. The average Bonchev–Trinajstić information content (AvgIpc) is 2.72. The lowest BCUT2D eigenvalue weighted by Gasteiger charge is -2.25. The number of ether oxygens (including phenoxy) is 1. The lowest BCUT2D eigenvalue weighted by atomic mass is 9.87. The maximum absolute atomic E-state index is 12.4. The van der Waals surface area contributed by atoms with Gasteiger partial charge < -0.3 is 15.4 Å². The van der Waals surface area contributed by atoms with Crippen molar-refractivity contribution in [2.24, 2.45) is 0 Å². The second kappa shape index (κ2) is 10.2. The van der Waals surface area contributed by atoms with Crippen LogP contribution in [0.2, 0.25) is 0 Å². The van der Waals surface area contributed by atoms with Crippen LogP contribution in [0.25, 0.3) is 0 Å². The number of anilines is 1. The van der Waals surface area contributed by atoms with Crippen molar-refractivity contribution in [3.05, 3.63) is 69.8 Å². The number of benzene rings is 2. The van der Waals surface area contributed by atoms with E-state index in [1.54, 1.807) is 0 Å². The molecule has 1 atom stereocenters. The summed E-state index contributed by atoms with van der Waals surface area (Å²) in [6, 6.07) is 15.5. The highest BCUT2D eigenvalue weighted by atomic mass is 32.2. The summed E-state index contributed by atoms with van der Waals surface area (Å²) in [5.74, 6) is 0.113. The molecule has 0 unspecified atom stereocenters. The molecule has 0 bridgehead atoms. The summed E-state index contributed by atoms with van der Waals surface area (Å²) >= 11 is 1.17. The second-order valence-electron chi connectivity index (χ2n) is 7.37. The van der Waals surface area contributed by atoms with Crippen LogP contribution in [0.4, 0.5) is 5.69 Å². The van der Waals surface area contributed by atoms with Crippen LogP contribution in [0.1, 0.15) is 36.0 Å². The highest BCUT2D eigenvalue weighted by molar-refractivity contribution is 8.03. The summed E-state index contributed by atoms with van der Waals surface area (Å²) < 4.78 is 5.47. The number of nitriles is 1. The molecular weight excluding hydrogens is 410 g/mol. The molecule has 6 nitrogen and oxygen atoms in total. The topological polar surface area (TPSA) is 91.2 Å². The summed E-state index contributed by atoms with van der Waals surface area (Å²) in [4.78, 5) is 24.7. The predicted octanol–water partition coefficient (Wildman–Crippen LogP) is 4.41. The second-order valence-corrected chi connectivity index (χ2v) is 8.36. The third kappa shape index (κ3) is 5.89. The SMILES string of the molecule is CCOc1ccc([C@H]2CC(=O)NC(SCC(=O)Nc3cc(C)cc(C)c3)=C2C#N)cc1. The van der Waals surface area contributed by atoms with Gasteiger partial charge in [-0.25, -0.2) is 0 Å². The average molecular weight is 436 g/mol. The summed E-state index contributed by atoms with van der Waals surface area (Å²) in [6.07, 6.45) is 0.190. The largest absolute Gasteiger partial charge is 0.494 e. The number of nitrogens with zero attached hydrogens (tertiary/aromatic N) is 1. The molecule has 2 N–H and O–H groups in total. The van der Waals surface area contributed by atoms with Crippen molar-refractivity contribution in [3.63, 3.8) is 0 Å². The summed E-state index contributed by atoms with van der Waals surface area (Å²) in [6.45, 7) is 6.43. The highest BCUT2D eigenvalue weighted by Crippen LogP contribution is 2.36. The first-order valence-electron chi connectivity index (χ1n) is 10.1. The maximum atomic E-state index is 12.4. The minimum atomic E-state index is -0.348. The Bertz CT molecular complexity index is 1030. The molecule has 0 radical (unpaired) electrons. The van der Waals surface area contributed by atoms with E-state index in [0.29, 0.717) is 17.2 Å². The van der Waals surface area contributed by atoms with E-state index in [2.05, 4.69) is 16.7 Å². The third-order valence-electron chi connectivity index (χ3n) is 4.80. The van der Waals surface area contributed by atoms with E-state index in [0.717, 1.165) is 28.1 Å². The van der Waals surface area contributed by atoms with Crippen LogP contribution >= 0.6 is 11.8 Å². The fourth-order valence-electron chi connectivity index (χ4n) is 3.56. The zero-order valence-electron chi connectivity index (χ0n) is 17.8. The standard InChI is InChI=1S/C24H25N3O3S/c1-4-30-19-7-5-17(6-8-19)20-12-22(28)27-24(21(20)13-25)31-14-23(29)26-18-10-15(2)9-16(3)11-18/h5-11,20H,4,12,14H2,1-3H3,(H,26,29)(H,27,28)/t20-/m1/s1. The zero-order chi connectivity index (χ0) is 22.4. The van der Waals surface area contributed by atoms with Gasteiger partial charge in [0.1, 0.15) is 5.75 Å². The Labute approximate surface area is 186 Å². The molecule has 1 heterocycles. The van der Waals surface area contributed by atoms with E-state index < -0.39 is 0 Å². The molecular formula is C24H25N3O3S. The summed E-state index contributed by atoms with van der Waals surface area (Å²) in [5, 5.41) is 15.9. The van der Waals surface area contributed by atoms with E-state index in [1.807, 2.05) is 63.2 Å². The Balaban J connectivity index is 1.74. The first-order valence-corrected chi connectivity index (χ1v) is 11.1. The molecule has 2 amide bonds. The minimum Gasteiger partial charge on any atom is -0.494 e. The van der Waals surface area contributed by atoms with Crippen molar-refractivity contribution in [2.75, 3.05) is 17.7 Å². The number of thioether (sulfide) groups is 1. The number of carbonyl (C=O) groups excluding carboxylic acids is 2. The molecule has 160 valence electrons. The molecule has 1 aliphatic heterocycles. The van der Waals surface area contributed by atoms with Crippen LogP contribution in [0.3, 0.4) is 0 Å². The normalized spacial score (nSPS) is 15.8. The number of hydrogen-bond acceptors (Lipinski definition) is 5. The number of allylic oxidation sites excluding steroid dienone is 1. The van der Waals surface area contributed by atoms with Crippen molar-refractivity contribution in [2.45, 2.75) is 33.1 Å². The van der Waals surface area contributed by atoms with Gasteiger partial charge in [0, 0.05) is 18.0 Å². The van der Waals surface area contributed by atoms with Gasteiger partial charge >= 0.3 is 0 Å². The van der Waals surface area contributed by atoms with Gasteiger partial charge in [0.2, 0.25) is 11.8 Å². The Kier molecular flexibility index (Phi) is 7.37. The number of hydrogen-bond donors (Lipinski definition) is 2. The molecule has 0 saturated carbocycles. The lowest BCUT2D eigenvalue weighted by molar-refractivity contribution is -0.121. The Morgan fingerprint density at radius 3 is 2.52 bits per heavy atom. The predicted molar refractivity (Wildman–Crippen MR) is 123 cm³/mol. The van der Waals surface area contributed by atoms with Crippen LogP contribution in [0.15, 0.2) is 53.1 Å². The van der Waals surface area contributed by atoms with Gasteiger partial charge in [-0.2, -0.15) is 5.26 Å². The fraction of sp³-hybridized carbons (Fsp3) is 0.292. The van der Waals surface area contributed by atoms with Gasteiger partial charge in [0.15, 0.2) is 0 Å². The van der Waals surface area contributed by atoms with E-state index in [9.17, 15) is 14.9 Å². The third-order valence-corrected chi connectivity index (χ3v) is 5.82. The van der Waals surface area contributed by atoms with Gasteiger partial charge in [-0.15, -0.1) is 0 Å². The van der Waals surface area contributed by atoms with E-state index in [4.69, 9.17) is 4.74 Å². The molecule has 0 aliphatic carbocycles. The molecule has 0 saturated heterocycles. The van der Waals surface area contributed by atoms with Gasteiger partial charge in [0.05, 0.1) is 29.0 Å². The fourth-order valence-corrected chi connectivity index (χ4v) is 4.44. The number of aryl methyl sites for hydroxylation is 2. The van der Waals surface area contributed by atoms with Crippen molar-refractivity contribution in [1.82, 2.24) is 5.32 Å². The molecule has 0 aromatic heterocycles. The zero-order valence-corrected chi connectivity index (χ0v) is 18.6. The molecule has 2 aromatic carbocycles. The first-order chi connectivity index (χ1) is 14.9. The monoisotopic (exact) mass is 435 g/mol. The summed E-state index contributed by atoms with van der Waals surface area (Å²) in [5.41, 5.74) is 4.20. The Hall–Kier alpha value is -3.24. The van der Waals surface area contributed by atoms with Crippen LogP contribution in [-0.4, -0.2) is 24.2 Å². The molecule has 7 heteroatoms. The minimum absolute atomic E-state index is 0.0871. The first kappa shape index (κ1) is 22.4. The van der Waals surface area contributed by atoms with Crippen LogP contribution in [0.5, 0.6) is 5.75 Å². The molecule has 31 heavy (non-hydrogen) atoms. The van der Waals surface area contributed by atoms with Crippen molar-refractivity contribution in [1.29, 1.82) is 5.26 Å². The maximum Gasteiger partial charge on any atom is 0.234 e. The van der Waals surface area contributed by atoms with Crippen molar-refractivity contribution >= 4 is 29.3 Å². The van der Waals surface area contributed by atoms with E-state index in [-0.39, 0.29) is 29.9 Å². The van der Waals surface area contributed by atoms with E-state index >= 15 is 0 Å². The van der Waals surface area contributed by atoms with Gasteiger partial charge in [-0.3, -0.25) is 9.59 Å². The van der Waals surface area contributed by atoms with Crippen LogP contribution in [-0.2, 0) is 9.59 Å². The molecule has 3 rings (SSSR count). The number of carbonyl (C=O) groups is 2. The Morgan fingerprint density at radius 2 is 1.90 bits per heavy atom. The molecule has 1 aliphatic rings. The quantitative estimate of drug-likeness (QED) is 0.672. The van der Waals surface area contributed by atoms with E-state index in [1.165, 1.54) is 11.8 Å². The molecule has 0 fully saturated rings. The number of rotatable bonds is 7. The number of amides is 2. The van der Waals surface area contributed by atoms with Crippen LogP contribution < -0.4 is 15.4 Å². The van der Waals surface area contributed by atoms with Gasteiger partial charge in [0.25, 0.3) is 0 Å². The Morgan fingerprint density at radius 1 is 1.23 bits per heavy atom. The van der Waals surface area contributed by atoms with Gasteiger partial charge in [-0.05, 0) is 61.7 Å². The summed E-state index contributed by atoms with van der Waals surface area (Å²) in [7, 11) is 0. The molecule has 0 spiro atoms. The van der Waals surface area contributed by atoms with Gasteiger partial charge in [-0.1, -0.05) is 30.0 Å². The van der Waals surface area contributed by atoms with Crippen molar-refractivity contribution < 1.29 is 14.3 Å². The van der Waals surface area contributed by atoms with Crippen molar-refractivity contribution in [3.8, 4) is 11.8 Å². The van der Waals surface area contributed by atoms with Crippen LogP contribution in [0, 0.1) is 25.2 Å².